The monoisotopic (exact) mass is 346 g/mol. The quantitative estimate of drug-likeness (QED) is 0.303. The van der Waals surface area contributed by atoms with Crippen molar-refractivity contribution in [3.05, 3.63) is 46.9 Å². The molecule has 0 amide bonds. The molecule has 2 aromatic rings. The average molecular weight is 347 g/mol. The predicted molar refractivity (Wildman–Crippen MR) is 84.0 cm³/mol. The lowest BCUT2D eigenvalue weighted by Crippen LogP contribution is -2.06. The van der Waals surface area contributed by atoms with Crippen LogP contribution in [0.4, 0.5) is 5.69 Å². The van der Waals surface area contributed by atoms with Crippen LogP contribution in [-0.4, -0.2) is 10.2 Å². The summed E-state index contributed by atoms with van der Waals surface area (Å²) in [5.41, 5.74) is 0.978. The van der Waals surface area contributed by atoms with Gasteiger partial charge >= 0.3 is 0 Å². The highest BCUT2D eigenvalue weighted by Crippen LogP contribution is 2.33. The Kier molecular flexibility index (Phi) is 5.85. The zero-order valence-electron chi connectivity index (χ0n) is 10.5. The lowest BCUT2D eigenvalue weighted by Gasteiger charge is -2.12. The van der Waals surface area contributed by atoms with Crippen LogP contribution in [0.1, 0.15) is 11.3 Å². The van der Waals surface area contributed by atoms with E-state index in [1.807, 2.05) is 6.07 Å². The summed E-state index contributed by atoms with van der Waals surface area (Å²) in [6, 6.07) is 6.79. The van der Waals surface area contributed by atoms with E-state index in [2.05, 4.69) is 14.6 Å². The maximum absolute atomic E-state index is 9.62. The van der Waals surface area contributed by atoms with E-state index in [-0.39, 0.29) is 5.05 Å². The zero-order valence-corrected chi connectivity index (χ0v) is 12.9. The molecule has 9 heteroatoms. The number of furan rings is 1. The second-order valence-electron chi connectivity index (χ2n) is 3.81. The minimum absolute atomic E-state index is 0.274. The van der Waals surface area contributed by atoms with Gasteiger partial charge in [-0.3, -0.25) is 0 Å². The molecule has 0 saturated carbocycles. The van der Waals surface area contributed by atoms with E-state index < -0.39 is 0 Å². The zero-order chi connectivity index (χ0) is 15.2. The van der Waals surface area contributed by atoms with Gasteiger partial charge in [0.2, 0.25) is 0 Å². The molecule has 6 nitrogen and oxygen atoms in total. The Hall–Kier alpha value is -1.29. The van der Waals surface area contributed by atoms with E-state index in [4.69, 9.17) is 34.1 Å². The minimum Gasteiger partial charge on any atom is -0.498 e. The van der Waals surface area contributed by atoms with Gasteiger partial charge in [0.1, 0.15) is 5.76 Å². The Morgan fingerprint density at radius 2 is 2.33 bits per heavy atom. The summed E-state index contributed by atoms with van der Waals surface area (Å²) in [6.45, 7) is 0.424. The van der Waals surface area contributed by atoms with E-state index in [9.17, 15) is 5.11 Å². The Bertz CT molecular complexity index is 622. The first-order valence-corrected chi connectivity index (χ1v) is 7.17. The molecule has 0 spiro atoms. The van der Waals surface area contributed by atoms with Gasteiger partial charge in [-0.15, -0.1) is 9.32 Å². The molecule has 0 atom stereocenters. The van der Waals surface area contributed by atoms with Gasteiger partial charge in [-0.05, 0) is 36.5 Å². The van der Waals surface area contributed by atoms with Crippen molar-refractivity contribution in [1.82, 2.24) is 0 Å². The molecule has 2 rings (SSSR count). The molecule has 0 unspecified atom stereocenters. The van der Waals surface area contributed by atoms with Crippen LogP contribution in [0, 0.1) is 0 Å². The van der Waals surface area contributed by atoms with Crippen LogP contribution in [0.3, 0.4) is 0 Å². The van der Waals surface area contributed by atoms with E-state index in [0.717, 1.165) is 17.8 Å². The van der Waals surface area contributed by atoms with Crippen molar-refractivity contribution in [3.63, 3.8) is 0 Å². The number of aliphatic hydroxyl groups is 1. The van der Waals surface area contributed by atoms with Crippen molar-refractivity contribution < 1.29 is 18.8 Å². The summed E-state index contributed by atoms with van der Waals surface area (Å²) in [7, 11) is 0. The number of thiocarbonyl (C=S) groups is 1. The van der Waals surface area contributed by atoms with Crippen molar-refractivity contribution in [3.8, 4) is 0 Å². The number of anilines is 1. The predicted octanol–water partition coefficient (Wildman–Crippen LogP) is 3.61. The van der Waals surface area contributed by atoms with E-state index in [0.29, 0.717) is 27.7 Å². The van der Waals surface area contributed by atoms with Crippen LogP contribution < -0.4 is 11.2 Å². The SMILES string of the molecule is NOOSc1cc(C(O)=S)c(NCc2ccco2)cc1Cl. The summed E-state index contributed by atoms with van der Waals surface area (Å²) >= 11 is 11.7. The normalized spacial score (nSPS) is 10.6. The number of benzene rings is 1. The lowest BCUT2D eigenvalue weighted by atomic mass is 10.2. The van der Waals surface area contributed by atoms with Gasteiger partial charge in [0, 0.05) is 5.69 Å². The number of nitrogens with one attached hydrogen (secondary N) is 1. The third kappa shape index (κ3) is 4.34. The molecule has 1 aromatic heterocycles. The Labute approximate surface area is 135 Å². The van der Waals surface area contributed by atoms with E-state index in [1.54, 1.807) is 24.5 Å². The number of hydrogen-bond donors (Lipinski definition) is 3. The molecule has 1 heterocycles. The number of aliphatic hydroxyl groups excluding tert-OH is 1. The highest BCUT2D eigenvalue weighted by molar-refractivity contribution is 7.94. The molecule has 4 N–H and O–H groups in total. The highest BCUT2D eigenvalue weighted by atomic mass is 35.5. The van der Waals surface area contributed by atoms with Gasteiger partial charge in [0.25, 0.3) is 0 Å². The van der Waals surface area contributed by atoms with Gasteiger partial charge in [-0.25, -0.2) is 0 Å². The van der Waals surface area contributed by atoms with Crippen molar-refractivity contribution >= 4 is 46.6 Å². The Morgan fingerprint density at radius 1 is 1.52 bits per heavy atom. The van der Waals surface area contributed by atoms with Gasteiger partial charge in [-0.1, -0.05) is 11.6 Å². The van der Waals surface area contributed by atoms with Crippen LogP contribution in [-0.2, 0) is 15.9 Å². The first-order chi connectivity index (χ1) is 10.1. The Morgan fingerprint density at radius 3 is 2.95 bits per heavy atom. The van der Waals surface area contributed by atoms with Crippen molar-refractivity contribution in [2.24, 2.45) is 5.90 Å². The second kappa shape index (κ2) is 7.64. The first kappa shape index (κ1) is 16.1. The molecule has 21 heavy (non-hydrogen) atoms. The van der Waals surface area contributed by atoms with Crippen LogP contribution in [0.5, 0.6) is 0 Å². The fourth-order valence-corrected chi connectivity index (χ4v) is 2.44. The topological polar surface area (TPSA) is 89.9 Å². The number of halogens is 1. The molecule has 0 radical (unpaired) electrons. The van der Waals surface area contributed by atoms with Crippen LogP contribution in [0.25, 0.3) is 0 Å². The summed E-state index contributed by atoms with van der Waals surface area (Å²) in [4.78, 5) is 4.51. The van der Waals surface area contributed by atoms with Gasteiger partial charge in [0.15, 0.2) is 5.05 Å². The maximum Gasteiger partial charge on any atom is 0.190 e. The number of rotatable bonds is 7. The molecular weight excluding hydrogens is 336 g/mol. The fraction of sp³-hybridized carbons (Fsp3) is 0.0833. The summed E-state index contributed by atoms with van der Waals surface area (Å²) in [5, 5.41) is 12.8. The molecule has 0 fully saturated rings. The Balaban J connectivity index is 2.22. The largest absolute Gasteiger partial charge is 0.498 e. The lowest BCUT2D eigenvalue weighted by molar-refractivity contribution is -0.195. The molecule has 0 bridgehead atoms. The summed E-state index contributed by atoms with van der Waals surface area (Å²) in [5.74, 6) is 5.51. The smallest absolute Gasteiger partial charge is 0.190 e. The van der Waals surface area contributed by atoms with Crippen molar-refractivity contribution in [2.45, 2.75) is 11.4 Å². The van der Waals surface area contributed by atoms with Gasteiger partial charge in [0.05, 0.1) is 40.3 Å². The van der Waals surface area contributed by atoms with Gasteiger partial charge in [-0.2, -0.15) is 5.90 Å². The third-order valence-corrected chi connectivity index (χ3v) is 3.81. The summed E-state index contributed by atoms with van der Waals surface area (Å²) < 4.78 is 9.76. The molecule has 0 saturated heterocycles. The van der Waals surface area contributed by atoms with E-state index >= 15 is 0 Å². The molecule has 0 aliphatic carbocycles. The van der Waals surface area contributed by atoms with Crippen LogP contribution >= 0.6 is 35.9 Å². The molecule has 1 aromatic carbocycles. The van der Waals surface area contributed by atoms with Gasteiger partial charge < -0.3 is 14.8 Å². The fourth-order valence-electron chi connectivity index (χ4n) is 1.59. The van der Waals surface area contributed by atoms with Crippen LogP contribution in [0.2, 0.25) is 5.02 Å². The molecule has 0 aliphatic heterocycles. The third-order valence-electron chi connectivity index (χ3n) is 2.50. The second-order valence-corrected chi connectivity index (χ2v) is 5.35. The summed E-state index contributed by atoms with van der Waals surface area (Å²) in [6.07, 6.45) is 1.57. The molecule has 0 aliphatic rings. The maximum atomic E-state index is 9.62. The van der Waals surface area contributed by atoms with Crippen molar-refractivity contribution in [1.29, 1.82) is 0 Å². The van der Waals surface area contributed by atoms with Crippen molar-refractivity contribution in [2.75, 3.05) is 5.32 Å². The number of hydrogen-bond acceptors (Lipinski definition) is 7. The highest BCUT2D eigenvalue weighted by Gasteiger charge is 2.13. The minimum atomic E-state index is -0.274. The average Bonchev–Trinajstić information content (AvgIpc) is 2.97. The molecular formula is C12H11ClN2O4S2. The molecule has 112 valence electrons. The number of nitrogens with two attached hydrogens (primary N) is 1. The van der Waals surface area contributed by atoms with E-state index in [1.165, 1.54) is 0 Å². The first-order valence-electron chi connectivity index (χ1n) is 5.65. The standard InChI is InChI=1S/C12H11ClN2O4S2/c13-9-5-10(15-6-7-2-1-3-17-7)8(12(16)20)4-11(9)21-19-18-14/h1-5,15H,6,14H2,(H,16,20). The van der Waals surface area contributed by atoms with Crippen LogP contribution in [0.15, 0.2) is 39.8 Å².